The van der Waals surface area contributed by atoms with Gasteiger partial charge in [0.1, 0.15) is 51.3 Å². The third-order valence-corrected chi connectivity index (χ3v) is 14.7. The third kappa shape index (κ3) is 22.5. The molecule has 0 heterocycles. The molecular formula is C49H66N4O14P2. The first-order valence-electron chi connectivity index (χ1n) is 23.1. The van der Waals surface area contributed by atoms with E-state index in [4.69, 9.17) is 37.0 Å². The lowest BCUT2D eigenvalue weighted by Crippen LogP contribution is -2.41. The van der Waals surface area contributed by atoms with Crippen molar-refractivity contribution in [1.29, 1.82) is 0 Å². The van der Waals surface area contributed by atoms with Gasteiger partial charge in [0.15, 0.2) is 5.90 Å². The Morgan fingerprint density at radius 2 is 0.580 bits per heavy atom. The number of amides is 4. The van der Waals surface area contributed by atoms with Crippen LogP contribution < -0.4 is 21.3 Å². The molecule has 0 bridgehead atoms. The first-order chi connectivity index (χ1) is 33.3. The molecular weight excluding hydrogens is 931 g/mol. The molecule has 0 spiro atoms. The van der Waals surface area contributed by atoms with Crippen LogP contribution in [0.25, 0.3) is 0 Å². The van der Waals surface area contributed by atoms with E-state index >= 15 is 9.13 Å². The summed E-state index contributed by atoms with van der Waals surface area (Å²) >= 11 is 0. The van der Waals surface area contributed by atoms with E-state index in [-0.39, 0.29) is 52.1 Å². The lowest BCUT2D eigenvalue weighted by molar-refractivity contribution is 0.0561. The Morgan fingerprint density at radius 3 is 0.768 bits per heavy atom. The summed E-state index contributed by atoms with van der Waals surface area (Å²) in [7, 11) is -9.89. The van der Waals surface area contributed by atoms with Crippen molar-refractivity contribution in [2.24, 2.45) is 0 Å². The largest absolute Gasteiger partial charge is 0.445 e. The molecule has 0 saturated heterocycles. The molecule has 4 unspecified atom stereocenters. The van der Waals surface area contributed by atoms with Gasteiger partial charge in [-0.3, -0.25) is 48.5 Å². The molecule has 0 aliphatic carbocycles. The van der Waals surface area contributed by atoms with Gasteiger partial charge in [0.2, 0.25) is 0 Å². The lowest BCUT2D eigenvalue weighted by Gasteiger charge is -2.33. The lowest BCUT2D eigenvalue weighted by atomic mass is 10.2. The van der Waals surface area contributed by atoms with E-state index in [9.17, 15) is 19.2 Å². The number of hydrogen-bond acceptors (Lipinski definition) is 14. The van der Waals surface area contributed by atoms with Crippen LogP contribution >= 0.6 is 15.2 Å². The summed E-state index contributed by atoms with van der Waals surface area (Å²) in [5.41, 5.74) is 2.82. The molecule has 376 valence electrons. The standard InChI is InChI=1S/C49H66N4O14P2/c1-5-21-42(50-46(54)60-33-38-25-13-9-14-26-38)64-68(58,65-43(22-6-2)51-47(55)61-34-39-27-15-10-16-28-39)37-69(59,66-44(23-7-3)52-48(56)62-35-40-29-17-11-18-30-40)67-45(24-8-4)53-49(57)63-36-41-31-19-12-20-32-41/h9-20,25-32,42-45H,5-8,21-24,33-37H2,1-4H3,(H,50,54)(H,51,55)(H,52,56)(H,53,57). The van der Waals surface area contributed by atoms with Crippen LogP contribution in [-0.2, 0) is 72.6 Å². The Labute approximate surface area is 404 Å². The van der Waals surface area contributed by atoms with E-state index in [2.05, 4.69) is 21.3 Å². The van der Waals surface area contributed by atoms with Gasteiger partial charge in [-0.2, -0.15) is 0 Å². The number of alkyl carbamates (subject to hydrolysis) is 4. The molecule has 0 saturated carbocycles. The van der Waals surface area contributed by atoms with E-state index in [1.165, 1.54) is 0 Å². The molecule has 0 aromatic heterocycles. The molecule has 69 heavy (non-hydrogen) atoms. The number of benzene rings is 4. The van der Waals surface area contributed by atoms with Crippen LogP contribution in [0.4, 0.5) is 19.2 Å². The molecule has 4 aromatic rings. The summed E-state index contributed by atoms with van der Waals surface area (Å²) in [6.07, 6.45) is -7.40. The van der Waals surface area contributed by atoms with Crippen LogP contribution in [0.5, 0.6) is 0 Å². The number of carbonyl (C=O) groups excluding carboxylic acids is 4. The van der Waals surface area contributed by atoms with Crippen molar-refractivity contribution in [3.05, 3.63) is 144 Å². The van der Waals surface area contributed by atoms with Gasteiger partial charge in [0.05, 0.1) is 0 Å². The van der Waals surface area contributed by atoms with Crippen LogP contribution in [0.1, 0.15) is 101 Å². The van der Waals surface area contributed by atoms with Crippen molar-refractivity contribution >= 4 is 39.6 Å². The zero-order valence-corrected chi connectivity index (χ0v) is 41.4. The van der Waals surface area contributed by atoms with Gasteiger partial charge < -0.3 is 18.9 Å². The zero-order valence-electron chi connectivity index (χ0n) is 39.7. The minimum absolute atomic E-state index is 0.0608. The quantitative estimate of drug-likeness (QED) is 0.0217. The summed E-state index contributed by atoms with van der Waals surface area (Å²) < 4.78 is 77.6. The monoisotopic (exact) mass is 996 g/mol. The highest BCUT2D eigenvalue weighted by Crippen LogP contribution is 2.66. The summed E-state index contributed by atoms with van der Waals surface area (Å²) in [4.78, 5) is 52.9. The summed E-state index contributed by atoms with van der Waals surface area (Å²) in [6, 6.07) is 35.7. The second kappa shape index (κ2) is 30.7. The zero-order chi connectivity index (χ0) is 49.7. The van der Waals surface area contributed by atoms with Crippen molar-refractivity contribution < 1.29 is 65.4 Å². The van der Waals surface area contributed by atoms with Gasteiger partial charge in [-0.15, -0.1) is 0 Å². The van der Waals surface area contributed by atoms with Crippen molar-refractivity contribution in [1.82, 2.24) is 21.3 Å². The second-order valence-electron chi connectivity index (χ2n) is 15.7. The number of ether oxygens (including phenoxy) is 4. The van der Waals surface area contributed by atoms with Gasteiger partial charge in [-0.25, -0.2) is 19.2 Å². The van der Waals surface area contributed by atoms with Crippen LogP contribution in [0, 0.1) is 0 Å². The van der Waals surface area contributed by atoms with Crippen LogP contribution in [0.3, 0.4) is 0 Å². The minimum atomic E-state index is -4.94. The van der Waals surface area contributed by atoms with E-state index < -0.39 is 70.4 Å². The molecule has 20 heteroatoms. The Balaban J connectivity index is 1.69. The molecule has 0 radical (unpaired) electrons. The molecule has 18 nitrogen and oxygen atoms in total. The number of carbonyl (C=O) groups is 4. The minimum Gasteiger partial charge on any atom is -0.445 e. The summed E-state index contributed by atoms with van der Waals surface area (Å²) in [5.74, 6) is -1.15. The maximum Gasteiger partial charge on any atom is 0.409 e. The second-order valence-corrected chi connectivity index (χ2v) is 20.1. The molecule has 4 rings (SSSR count). The smallest absolute Gasteiger partial charge is 0.409 e. The Bertz CT molecular complexity index is 1910. The maximum atomic E-state index is 15.6. The predicted octanol–water partition coefficient (Wildman–Crippen LogP) is 11.6. The van der Waals surface area contributed by atoms with E-state index in [1.807, 2.05) is 24.3 Å². The molecule has 0 fully saturated rings. The fourth-order valence-corrected chi connectivity index (χ4v) is 11.5. The van der Waals surface area contributed by atoms with Gasteiger partial charge in [-0.05, 0) is 47.9 Å². The topological polar surface area (TPSA) is 224 Å². The van der Waals surface area contributed by atoms with Crippen molar-refractivity contribution in [2.75, 3.05) is 5.90 Å². The molecule has 4 aromatic carbocycles. The number of hydrogen-bond donors (Lipinski definition) is 4. The SMILES string of the molecule is CCCC(NC(=O)OCc1ccccc1)OP(=O)(CP(=O)(OC(CCC)NC(=O)OCc1ccccc1)OC(CCC)NC(=O)OCc1ccccc1)OC(CCC)NC(=O)OCc1ccccc1. The summed E-state index contributed by atoms with van der Waals surface area (Å²) in [5, 5.41) is 10.3. The third-order valence-electron chi connectivity index (χ3n) is 9.67. The maximum absolute atomic E-state index is 15.6. The Morgan fingerprint density at radius 1 is 0.377 bits per heavy atom. The highest BCUT2D eigenvalue weighted by atomic mass is 31.2. The van der Waals surface area contributed by atoms with Crippen molar-refractivity contribution in [3.63, 3.8) is 0 Å². The van der Waals surface area contributed by atoms with Crippen LogP contribution in [-0.4, -0.2) is 55.2 Å². The van der Waals surface area contributed by atoms with E-state index in [0.717, 1.165) is 0 Å². The molecule has 4 N–H and O–H groups in total. The van der Waals surface area contributed by atoms with Gasteiger partial charge in [0.25, 0.3) is 0 Å². The van der Waals surface area contributed by atoms with Crippen molar-refractivity contribution in [2.45, 2.75) is 130 Å². The molecule has 4 atom stereocenters. The average Bonchev–Trinajstić information content (AvgIpc) is 3.32. The molecule has 0 aliphatic heterocycles. The first kappa shape index (κ1) is 55.9. The van der Waals surface area contributed by atoms with E-state index in [1.54, 1.807) is 125 Å². The first-order valence-corrected chi connectivity index (χ1v) is 26.6. The van der Waals surface area contributed by atoms with Gasteiger partial charge in [-0.1, -0.05) is 175 Å². The normalized spacial score (nSPS) is 14.6. The van der Waals surface area contributed by atoms with Crippen molar-refractivity contribution in [3.8, 4) is 0 Å². The van der Waals surface area contributed by atoms with Crippen LogP contribution in [0.15, 0.2) is 121 Å². The fourth-order valence-electron chi connectivity index (χ4n) is 6.41. The Kier molecular flexibility index (Phi) is 24.8. The Hall–Kier alpha value is -5.74. The van der Waals surface area contributed by atoms with Gasteiger partial charge in [0, 0.05) is 0 Å². The highest BCUT2D eigenvalue weighted by molar-refractivity contribution is 7.71. The highest BCUT2D eigenvalue weighted by Gasteiger charge is 2.46. The average molecular weight is 997 g/mol. The molecule has 0 aliphatic rings. The predicted molar refractivity (Wildman–Crippen MR) is 258 cm³/mol. The number of rotatable bonds is 30. The molecule has 4 amide bonds. The number of nitrogens with one attached hydrogen (secondary N) is 4. The van der Waals surface area contributed by atoms with Gasteiger partial charge >= 0.3 is 39.6 Å². The van der Waals surface area contributed by atoms with Crippen LogP contribution in [0.2, 0.25) is 0 Å². The fraction of sp³-hybridized carbons (Fsp3) is 0.429. The summed E-state index contributed by atoms with van der Waals surface area (Å²) in [6.45, 7) is 6.78. The van der Waals surface area contributed by atoms with E-state index in [0.29, 0.717) is 47.9 Å².